The van der Waals surface area contributed by atoms with Crippen LogP contribution in [-0.2, 0) is 9.47 Å². The van der Waals surface area contributed by atoms with E-state index >= 15 is 0 Å². The van der Waals surface area contributed by atoms with Crippen molar-refractivity contribution in [2.24, 2.45) is 10.9 Å². The molecule has 5 nitrogen and oxygen atoms in total. The molecular weight excluding hydrogens is 266 g/mol. The molecule has 1 atom stereocenters. The molecule has 2 aliphatic rings. The van der Waals surface area contributed by atoms with Crippen molar-refractivity contribution in [3.63, 3.8) is 0 Å². The van der Waals surface area contributed by atoms with Crippen LogP contribution in [0.5, 0.6) is 0 Å². The minimum absolute atomic E-state index is 0.447. The first-order valence-electron chi connectivity index (χ1n) is 8.40. The molecule has 2 rings (SSSR count). The predicted octanol–water partition coefficient (Wildman–Crippen LogP) is 1.88. The SMILES string of the molecule is CN=C(NCCC1CCCO1)N(C)CCC1CCOCC1. The molecule has 0 saturated carbocycles. The van der Waals surface area contributed by atoms with Crippen molar-refractivity contribution >= 4 is 5.96 Å². The number of hydrogen-bond acceptors (Lipinski definition) is 3. The second-order valence-electron chi connectivity index (χ2n) is 6.16. The van der Waals surface area contributed by atoms with Crippen LogP contribution in [0.2, 0.25) is 0 Å². The summed E-state index contributed by atoms with van der Waals surface area (Å²) in [5, 5.41) is 3.46. The van der Waals surface area contributed by atoms with Crippen LogP contribution in [0.4, 0.5) is 0 Å². The lowest BCUT2D eigenvalue weighted by Crippen LogP contribution is -2.41. The summed E-state index contributed by atoms with van der Waals surface area (Å²) in [4.78, 5) is 6.62. The largest absolute Gasteiger partial charge is 0.381 e. The van der Waals surface area contributed by atoms with Crippen LogP contribution in [-0.4, -0.2) is 64.0 Å². The highest BCUT2D eigenvalue weighted by Crippen LogP contribution is 2.18. The highest BCUT2D eigenvalue weighted by Gasteiger charge is 2.17. The van der Waals surface area contributed by atoms with Gasteiger partial charge in [-0.2, -0.15) is 0 Å². The molecule has 21 heavy (non-hydrogen) atoms. The van der Waals surface area contributed by atoms with Gasteiger partial charge in [-0.05, 0) is 44.4 Å². The van der Waals surface area contributed by atoms with Gasteiger partial charge >= 0.3 is 0 Å². The molecular formula is C16H31N3O2. The standard InChI is InChI=1S/C16H31N3O2/c1-17-16(18-9-5-15-4-3-11-21-15)19(2)10-6-14-7-12-20-13-8-14/h14-15H,3-13H2,1-2H3,(H,17,18). The van der Waals surface area contributed by atoms with Crippen molar-refractivity contribution < 1.29 is 9.47 Å². The van der Waals surface area contributed by atoms with Gasteiger partial charge in [0.15, 0.2) is 5.96 Å². The summed E-state index contributed by atoms with van der Waals surface area (Å²) in [6.07, 6.45) is 7.59. The fourth-order valence-electron chi connectivity index (χ4n) is 3.12. The molecule has 5 heteroatoms. The second kappa shape index (κ2) is 9.26. The molecule has 0 amide bonds. The Labute approximate surface area is 129 Å². The number of nitrogens with zero attached hydrogens (tertiary/aromatic N) is 2. The third kappa shape index (κ3) is 5.83. The molecule has 2 saturated heterocycles. The van der Waals surface area contributed by atoms with Gasteiger partial charge in [-0.1, -0.05) is 0 Å². The second-order valence-corrected chi connectivity index (χ2v) is 6.16. The monoisotopic (exact) mass is 297 g/mol. The third-order valence-electron chi connectivity index (χ3n) is 4.56. The zero-order chi connectivity index (χ0) is 14.9. The summed E-state index contributed by atoms with van der Waals surface area (Å²) in [7, 11) is 3.99. The van der Waals surface area contributed by atoms with Crippen molar-refractivity contribution in [1.82, 2.24) is 10.2 Å². The molecule has 0 spiro atoms. The van der Waals surface area contributed by atoms with E-state index in [4.69, 9.17) is 9.47 Å². The van der Waals surface area contributed by atoms with Gasteiger partial charge in [0.2, 0.25) is 0 Å². The van der Waals surface area contributed by atoms with E-state index in [1.165, 1.54) is 32.1 Å². The highest BCUT2D eigenvalue weighted by atomic mass is 16.5. The molecule has 0 aromatic rings. The molecule has 2 heterocycles. The van der Waals surface area contributed by atoms with Crippen LogP contribution >= 0.6 is 0 Å². The molecule has 0 aromatic carbocycles. The van der Waals surface area contributed by atoms with Crippen LogP contribution < -0.4 is 5.32 Å². The summed E-state index contributed by atoms with van der Waals surface area (Å²) >= 11 is 0. The molecule has 0 bridgehead atoms. The van der Waals surface area contributed by atoms with E-state index < -0.39 is 0 Å². The number of guanidine groups is 1. The Morgan fingerprint density at radius 1 is 1.19 bits per heavy atom. The van der Waals surface area contributed by atoms with E-state index in [1.807, 2.05) is 7.05 Å². The topological polar surface area (TPSA) is 46.1 Å². The third-order valence-corrected chi connectivity index (χ3v) is 4.56. The molecule has 0 aromatic heterocycles. The lowest BCUT2D eigenvalue weighted by atomic mass is 9.96. The number of aliphatic imine (C=N–C) groups is 1. The minimum Gasteiger partial charge on any atom is -0.381 e. The van der Waals surface area contributed by atoms with E-state index in [9.17, 15) is 0 Å². The summed E-state index contributed by atoms with van der Waals surface area (Å²) in [5.41, 5.74) is 0. The first-order chi connectivity index (χ1) is 10.3. The zero-order valence-electron chi connectivity index (χ0n) is 13.6. The minimum atomic E-state index is 0.447. The van der Waals surface area contributed by atoms with Crippen molar-refractivity contribution in [3.8, 4) is 0 Å². The maximum atomic E-state index is 5.65. The van der Waals surface area contributed by atoms with Gasteiger partial charge in [0.1, 0.15) is 0 Å². The number of hydrogen-bond donors (Lipinski definition) is 1. The molecule has 2 fully saturated rings. The van der Waals surface area contributed by atoms with E-state index in [0.29, 0.717) is 6.10 Å². The van der Waals surface area contributed by atoms with Crippen LogP contribution in [0.25, 0.3) is 0 Å². The fraction of sp³-hybridized carbons (Fsp3) is 0.938. The van der Waals surface area contributed by atoms with Gasteiger partial charge in [-0.25, -0.2) is 0 Å². The van der Waals surface area contributed by atoms with Crippen LogP contribution in [0.3, 0.4) is 0 Å². The first kappa shape index (κ1) is 16.6. The van der Waals surface area contributed by atoms with Gasteiger partial charge in [0.05, 0.1) is 6.10 Å². The van der Waals surface area contributed by atoms with Crippen molar-refractivity contribution in [2.45, 2.75) is 44.6 Å². The summed E-state index contributed by atoms with van der Waals surface area (Å²) in [5.74, 6) is 1.81. The Morgan fingerprint density at radius 3 is 2.67 bits per heavy atom. The van der Waals surface area contributed by atoms with E-state index in [2.05, 4.69) is 22.3 Å². The Bertz CT molecular complexity index is 311. The Balaban J connectivity index is 1.62. The Morgan fingerprint density at radius 2 is 2.00 bits per heavy atom. The summed E-state index contributed by atoms with van der Waals surface area (Å²) in [6.45, 7) is 4.80. The maximum Gasteiger partial charge on any atom is 0.193 e. The van der Waals surface area contributed by atoms with Gasteiger partial charge in [0, 0.05) is 47.0 Å². The van der Waals surface area contributed by atoms with Crippen molar-refractivity contribution in [2.75, 3.05) is 47.0 Å². The summed E-state index contributed by atoms with van der Waals surface area (Å²) < 4.78 is 11.1. The molecule has 0 radical (unpaired) electrons. The van der Waals surface area contributed by atoms with Gasteiger partial charge in [0.25, 0.3) is 0 Å². The number of ether oxygens (including phenoxy) is 2. The number of rotatable bonds is 6. The van der Waals surface area contributed by atoms with E-state index in [-0.39, 0.29) is 0 Å². The fourth-order valence-corrected chi connectivity index (χ4v) is 3.12. The lowest BCUT2D eigenvalue weighted by Gasteiger charge is -2.27. The van der Waals surface area contributed by atoms with Crippen LogP contribution in [0.15, 0.2) is 4.99 Å². The lowest BCUT2D eigenvalue weighted by molar-refractivity contribution is 0.0625. The van der Waals surface area contributed by atoms with E-state index in [1.54, 1.807) is 0 Å². The normalized spacial score (nSPS) is 24.3. The van der Waals surface area contributed by atoms with Gasteiger partial charge < -0.3 is 19.7 Å². The maximum absolute atomic E-state index is 5.65. The zero-order valence-corrected chi connectivity index (χ0v) is 13.6. The van der Waals surface area contributed by atoms with Crippen LogP contribution in [0.1, 0.15) is 38.5 Å². The van der Waals surface area contributed by atoms with E-state index in [0.717, 1.165) is 51.2 Å². The molecule has 1 N–H and O–H groups in total. The summed E-state index contributed by atoms with van der Waals surface area (Å²) in [6, 6.07) is 0. The quantitative estimate of drug-likeness (QED) is 0.601. The molecule has 0 aliphatic carbocycles. The molecule has 1 unspecified atom stereocenters. The van der Waals surface area contributed by atoms with Crippen LogP contribution in [0, 0.1) is 5.92 Å². The number of nitrogens with one attached hydrogen (secondary N) is 1. The average Bonchev–Trinajstić information content (AvgIpc) is 3.03. The van der Waals surface area contributed by atoms with Crippen molar-refractivity contribution in [1.29, 1.82) is 0 Å². The van der Waals surface area contributed by atoms with Gasteiger partial charge in [-0.3, -0.25) is 4.99 Å². The van der Waals surface area contributed by atoms with Gasteiger partial charge in [-0.15, -0.1) is 0 Å². The molecule has 2 aliphatic heterocycles. The first-order valence-corrected chi connectivity index (χ1v) is 8.40. The Hall–Kier alpha value is -0.810. The Kier molecular flexibility index (Phi) is 7.30. The predicted molar refractivity (Wildman–Crippen MR) is 85.7 cm³/mol. The highest BCUT2D eigenvalue weighted by molar-refractivity contribution is 5.79. The smallest absolute Gasteiger partial charge is 0.193 e. The van der Waals surface area contributed by atoms with Crippen molar-refractivity contribution in [3.05, 3.63) is 0 Å². The molecule has 122 valence electrons. The average molecular weight is 297 g/mol.